The van der Waals surface area contributed by atoms with E-state index in [0.717, 1.165) is 12.0 Å². The molecule has 1 rings (SSSR count). The summed E-state index contributed by atoms with van der Waals surface area (Å²) >= 11 is 5.83. The number of pyridine rings is 1. The Labute approximate surface area is 95.6 Å². The van der Waals surface area contributed by atoms with Crippen LogP contribution in [0, 0.1) is 0 Å². The zero-order valence-electron chi connectivity index (χ0n) is 9.38. The van der Waals surface area contributed by atoms with Gasteiger partial charge >= 0.3 is 0 Å². The summed E-state index contributed by atoms with van der Waals surface area (Å²) in [5.74, 6) is 0.525. The Kier molecular flexibility index (Phi) is 3.94. The molecule has 1 aromatic heterocycles. The third-order valence-electron chi connectivity index (χ3n) is 1.87. The zero-order valence-corrected chi connectivity index (χ0v) is 10.1. The Balaban J connectivity index is 2.54. The number of halogens is 1. The largest absolute Gasteiger partial charge is 0.383 e. The predicted molar refractivity (Wildman–Crippen MR) is 63.1 cm³/mol. The number of hydrogen-bond acceptors (Lipinski definition) is 3. The molecule has 4 heteroatoms. The van der Waals surface area contributed by atoms with Gasteiger partial charge in [-0.25, -0.2) is 4.98 Å². The van der Waals surface area contributed by atoms with E-state index in [0.29, 0.717) is 17.4 Å². The van der Waals surface area contributed by atoms with E-state index in [1.807, 2.05) is 26.8 Å². The Morgan fingerprint density at radius 2 is 2.13 bits per heavy atom. The Morgan fingerprint density at radius 3 is 2.73 bits per heavy atom. The van der Waals surface area contributed by atoms with Gasteiger partial charge in [-0.3, -0.25) is 0 Å². The lowest BCUT2D eigenvalue weighted by Gasteiger charge is -2.19. The number of nitrogen functional groups attached to an aromatic ring is 1. The predicted octanol–water partition coefficient (Wildman–Crippen LogP) is 2.67. The van der Waals surface area contributed by atoms with Gasteiger partial charge in [0.15, 0.2) is 0 Å². The summed E-state index contributed by atoms with van der Waals surface area (Å²) in [4.78, 5) is 3.98. The fraction of sp³-hybridized carbons (Fsp3) is 0.545. The highest BCUT2D eigenvalue weighted by Crippen LogP contribution is 2.16. The normalized spacial score (nSPS) is 11.7. The monoisotopic (exact) mass is 228 g/mol. The van der Waals surface area contributed by atoms with Crippen molar-refractivity contribution in [2.45, 2.75) is 32.8 Å². The molecule has 84 valence electrons. The highest BCUT2D eigenvalue weighted by Gasteiger charge is 2.10. The summed E-state index contributed by atoms with van der Waals surface area (Å²) in [6.45, 7) is 6.68. The van der Waals surface area contributed by atoms with E-state index in [2.05, 4.69) is 4.98 Å². The molecular formula is C11H17ClN2O. The van der Waals surface area contributed by atoms with E-state index in [1.54, 1.807) is 6.20 Å². The minimum absolute atomic E-state index is 0.124. The van der Waals surface area contributed by atoms with Gasteiger partial charge in [-0.2, -0.15) is 0 Å². The number of nitrogens with two attached hydrogens (primary N) is 1. The van der Waals surface area contributed by atoms with Crippen molar-refractivity contribution in [2.75, 3.05) is 12.3 Å². The third-order valence-corrected chi connectivity index (χ3v) is 2.08. The van der Waals surface area contributed by atoms with Crippen LogP contribution in [0.4, 0.5) is 5.82 Å². The Hall–Kier alpha value is -0.800. The second-order valence-corrected chi connectivity index (χ2v) is 4.85. The number of hydrogen-bond donors (Lipinski definition) is 1. The van der Waals surface area contributed by atoms with Gasteiger partial charge in [0, 0.05) is 6.20 Å². The van der Waals surface area contributed by atoms with Crippen LogP contribution >= 0.6 is 11.6 Å². The van der Waals surface area contributed by atoms with E-state index >= 15 is 0 Å². The molecule has 0 radical (unpaired) electrons. The summed E-state index contributed by atoms with van der Waals surface area (Å²) in [5.41, 5.74) is 6.53. The molecule has 0 aliphatic heterocycles. The first-order chi connectivity index (χ1) is 6.88. The molecule has 0 saturated carbocycles. The highest BCUT2D eigenvalue weighted by molar-refractivity contribution is 6.30. The molecule has 0 fully saturated rings. The average molecular weight is 229 g/mol. The molecular weight excluding hydrogens is 212 g/mol. The maximum atomic E-state index is 5.83. The number of anilines is 1. The van der Waals surface area contributed by atoms with Crippen LogP contribution in [-0.4, -0.2) is 17.2 Å². The van der Waals surface area contributed by atoms with Gasteiger partial charge in [0.05, 0.1) is 17.2 Å². The van der Waals surface area contributed by atoms with Crippen molar-refractivity contribution in [3.63, 3.8) is 0 Å². The van der Waals surface area contributed by atoms with E-state index in [1.165, 1.54) is 0 Å². The lowest BCUT2D eigenvalue weighted by atomic mass is 10.1. The van der Waals surface area contributed by atoms with Gasteiger partial charge in [-0.15, -0.1) is 0 Å². The standard InChI is InChI=1S/C11H17ClN2O/c1-11(2,3)15-5-4-8-6-9(12)7-14-10(8)13/h6-7H,4-5H2,1-3H3,(H2,13,14). The molecule has 1 heterocycles. The van der Waals surface area contributed by atoms with Gasteiger partial charge in [-0.1, -0.05) is 11.6 Å². The molecule has 0 aromatic carbocycles. The zero-order chi connectivity index (χ0) is 11.5. The SMILES string of the molecule is CC(C)(C)OCCc1cc(Cl)cnc1N. The summed E-state index contributed by atoms with van der Waals surface area (Å²) in [5, 5.41) is 0.606. The summed E-state index contributed by atoms with van der Waals surface area (Å²) in [7, 11) is 0. The highest BCUT2D eigenvalue weighted by atomic mass is 35.5. The first-order valence-corrected chi connectivity index (χ1v) is 5.30. The first-order valence-electron chi connectivity index (χ1n) is 4.92. The minimum Gasteiger partial charge on any atom is -0.383 e. The van der Waals surface area contributed by atoms with Crippen molar-refractivity contribution in [2.24, 2.45) is 0 Å². The van der Waals surface area contributed by atoms with Crippen LogP contribution in [0.15, 0.2) is 12.3 Å². The van der Waals surface area contributed by atoms with Crippen LogP contribution in [0.25, 0.3) is 0 Å². The van der Waals surface area contributed by atoms with E-state index < -0.39 is 0 Å². The Morgan fingerprint density at radius 1 is 1.47 bits per heavy atom. The summed E-state index contributed by atoms with van der Waals surface area (Å²) in [6, 6.07) is 1.83. The van der Waals surface area contributed by atoms with Crippen LogP contribution in [0.1, 0.15) is 26.3 Å². The lowest BCUT2D eigenvalue weighted by Crippen LogP contribution is -2.20. The fourth-order valence-corrected chi connectivity index (χ4v) is 1.34. The van der Waals surface area contributed by atoms with Gasteiger partial charge in [-0.05, 0) is 38.8 Å². The van der Waals surface area contributed by atoms with Gasteiger partial charge in [0.1, 0.15) is 5.82 Å². The van der Waals surface area contributed by atoms with E-state index in [-0.39, 0.29) is 5.60 Å². The second-order valence-electron chi connectivity index (χ2n) is 4.41. The maximum Gasteiger partial charge on any atom is 0.126 e. The third kappa shape index (κ3) is 4.49. The van der Waals surface area contributed by atoms with Crippen molar-refractivity contribution in [3.05, 3.63) is 22.8 Å². The van der Waals surface area contributed by atoms with Crippen LogP contribution < -0.4 is 5.73 Å². The number of aromatic nitrogens is 1. The average Bonchev–Trinajstić information content (AvgIpc) is 2.09. The molecule has 1 aromatic rings. The number of rotatable bonds is 3. The van der Waals surface area contributed by atoms with Crippen molar-refractivity contribution in [3.8, 4) is 0 Å². The van der Waals surface area contributed by atoms with E-state index in [9.17, 15) is 0 Å². The molecule has 0 aliphatic carbocycles. The van der Waals surface area contributed by atoms with Gasteiger partial charge < -0.3 is 10.5 Å². The van der Waals surface area contributed by atoms with Crippen molar-refractivity contribution < 1.29 is 4.74 Å². The van der Waals surface area contributed by atoms with Crippen LogP contribution in [0.5, 0.6) is 0 Å². The van der Waals surface area contributed by atoms with Crippen LogP contribution in [-0.2, 0) is 11.2 Å². The lowest BCUT2D eigenvalue weighted by molar-refractivity contribution is -0.000949. The molecule has 0 aliphatic rings. The maximum absolute atomic E-state index is 5.83. The topological polar surface area (TPSA) is 48.1 Å². The molecule has 0 unspecified atom stereocenters. The van der Waals surface area contributed by atoms with E-state index in [4.69, 9.17) is 22.1 Å². The molecule has 0 saturated heterocycles. The molecule has 0 spiro atoms. The molecule has 3 nitrogen and oxygen atoms in total. The van der Waals surface area contributed by atoms with Gasteiger partial charge in [0.2, 0.25) is 0 Å². The first kappa shape index (κ1) is 12.3. The molecule has 0 atom stereocenters. The molecule has 0 amide bonds. The molecule has 0 bridgehead atoms. The van der Waals surface area contributed by atoms with Crippen molar-refractivity contribution in [1.29, 1.82) is 0 Å². The molecule has 15 heavy (non-hydrogen) atoms. The van der Waals surface area contributed by atoms with Crippen molar-refractivity contribution in [1.82, 2.24) is 4.98 Å². The smallest absolute Gasteiger partial charge is 0.126 e. The second kappa shape index (κ2) is 4.81. The minimum atomic E-state index is -0.124. The molecule has 2 N–H and O–H groups in total. The van der Waals surface area contributed by atoms with Crippen LogP contribution in [0.3, 0.4) is 0 Å². The van der Waals surface area contributed by atoms with Crippen LogP contribution in [0.2, 0.25) is 5.02 Å². The summed E-state index contributed by atoms with van der Waals surface area (Å²) < 4.78 is 5.60. The van der Waals surface area contributed by atoms with Gasteiger partial charge in [0.25, 0.3) is 0 Å². The number of nitrogens with zero attached hydrogens (tertiary/aromatic N) is 1. The Bertz CT molecular complexity index is 334. The van der Waals surface area contributed by atoms with Crippen molar-refractivity contribution >= 4 is 17.4 Å². The number of ether oxygens (including phenoxy) is 1. The summed E-state index contributed by atoms with van der Waals surface area (Å²) in [6.07, 6.45) is 2.28. The fourth-order valence-electron chi connectivity index (χ4n) is 1.16. The quantitative estimate of drug-likeness (QED) is 0.866.